The van der Waals surface area contributed by atoms with E-state index in [4.69, 9.17) is 5.73 Å². The molecule has 0 radical (unpaired) electrons. The highest BCUT2D eigenvalue weighted by atomic mass is 32.2. The SMILES string of the molecule is CCC(SCCC(=O)Cc1cccc(NC(=O)C(N=Nc2cccc(C(N)=O)c2)=C(C)O)c1)c1ccccc1. The number of ketones is 1. The number of nitrogens with zero attached hydrogens (tertiary/aromatic N) is 2. The average Bonchev–Trinajstić information content (AvgIpc) is 2.92. The number of carbonyl (C=O) groups excluding carboxylic acids is 3. The lowest BCUT2D eigenvalue weighted by Gasteiger charge is -2.14. The lowest BCUT2D eigenvalue weighted by molar-refractivity contribution is -0.118. The van der Waals surface area contributed by atoms with Crippen molar-refractivity contribution in [3.63, 3.8) is 0 Å². The maximum atomic E-state index is 12.8. The van der Waals surface area contributed by atoms with Crippen molar-refractivity contribution < 1.29 is 19.5 Å². The van der Waals surface area contributed by atoms with Gasteiger partial charge in [-0.15, -0.1) is 5.11 Å². The van der Waals surface area contributed by atoms with Crippen LogP contribution in [0.15, 0.2) is 101 Å². The summed E-state index contributed by atoms with van der Waals surface area (Å²) in [6.45, 7) is 3.47. The van der Waals surface area contributed by atoms with Gasteiger partial charge >= 0.3 is 0 Å². The Bertz CT molecular complexity index is 1370. The monoisotopic (exact) mass is 544 g/mol. The summed E-state index contributed by atoms with van der Waals surface area (Å²) in [6, 6.07) is 23.4. The summed E-state index contributed by atoms with van der Waals surface area (Å²) in [5.41, 5.74) is 8.03. The average molecular weight is 545 g/mol. The van der Waals surface area contributed by atoms with Crippen LogP contribution < -0.4 is 11.1 Å². The molecule has 0 fully saturated rings. The van der Waals surface area contributed by atoms with Crippen molar-refractivity contribution >= 4 is 40.7 Å². The van der Waals surface area contributed by atoms with E-state index in [1.54, 1.807) is 42.1 Å². The van der Waals surface area contributed by atoms with Crippen molar-refractivity contribution in [1.82, 2.24) is 0 Å². The van der Waals surface area contributed by atoms with E-state index in [1.165, 1.54) is 24.6 Å². The van der Waals surface area contributed by atoms with Gasteiger partial charge in [-0.25, -0.2) is 0 Å². The molecule has 0 aliphatic carbocycles. The zero-order valence-electron chi connectivity index (χ0n) is 22.0. The van der Waals surface area contributed by atoms with Crippen molar-refractivity contribution in [2.45, 2.75) is 38.4 Å². The van der Waals surface area contributed by atoms with Crippen molar-refractivity contribution in [3.8, 4) is 0 Å². The number of rotatable bonds is 13. The molecule has 0 saturated carbocycles. The molecule has 9 heteroatoms. The molecule has 0 spiro atoms. The summed E-state index contributed by atoms with van der Waals surface area (Å²) in [5.74, 6) is -0.760. The molecular weight excluding hydrogens is 512 g/mol. The molecule has 8 nitrogen and oxygen atoms in total. The van der Waals surface area contributed by atoms with E-state index >= 15 is 0 Å². The van der Waals surface area contributed by atoms with Crippen LogP contribution in [-0.4, -0.2) is 28.5 Å². The number of hydrogen-bond acceptors (Lipinski definition) is 7. The van der Waals surface area contributed by atoms with Crippen molar-refractivity contribution in [2.75, 3.05) is 11.1 Å². The van der Waals surface area contributed by atoms with Crippen LogP contribution in [0.3, 0.4) is 0 Å². The molecule has 0 saturated heterocycles. The largest absolute Gasteiger partial charge is 0.510 e. The van der Waals surface area contributed by atoms with Gasteiger partial charge in [0, 0.05) is 35.1 Å². The van der Waals surface area contributed by atoms with Gasteiger partial charge in [0.05, 0.1) is 5.69 Å². The van der Waals surface area contributed by atoms with Gasteiger partial charge in [-0.05, 0) is 54.8 Å². The molecule has 4 N–H and O–H groups in total. The predicted octanol–water partition coefficient (Wildman–Crippen LogP) is 6.68. The third-order valence-electron chi connectivity index (χ3n) is 5.78. The maximum absolute atomic E-state index is 12.8. The number of thioether (sulfide) groups is 1. The molecule has 0 heterocycles. The maximum Gasteiger partial charge on any atom is 0.279 e. The number of allylic oxidation sites excluding steroid dienone is 1. The third kappa shape index (κ3) is 9.22. The second kappa shape index (κ2) is 14.6. The normalized spacial score (nSPS) is 12.6. The van der Waals surface area contributed by atoms with Crippen LogP contribution in [0.25, 0.3) is 0 Å². The second-order valence-corrected chi connectivity index (χ2v) is 10.2. The van der Waals surface area contributed by atoms with E-state index in [0.717, 1.165) is 17.7 Å². The quantitative estimate of drug-likeness (QED) is 0.125. The number of Topliss-reactive ketones (excluding diaryl/α,β-unsaturated/α-hetero) is 1. The van der Waals surface area contributed by atoms with Gasteiger partial charge < -0.3 is 16.2 Å². The number of nitrogens with one attached hydrogen (secondary N) is 1. The zero-order valence-corrected chi connectivity index (χ0v) is 22.8. The summed E-state index contributed by atoms with van der Waals surface area (Å²) >= 11 is 1.79. The molecule has 2 amide bonds. The lowest BCUT2D eigenvalue weighted by atomic mass is 10.1. The summed E-state index contributed by atoms with van der Waals surface area (Å²) in [7, 11) is 0. The van der Waals surface area contributed by atoms with Crippen LogP contribution in [0.2, 0.25) is 0 Å². The number of anilines is 1. The Kier molecular flexibility index (Phi) is 11.0. The van der Waals surface area contributed by atoms with Gasteiger partial charge in [-0.1, -0.05) is 55.5 Å². The smallest absolute Gasteiger partial charge is 0.279 e. The molecule has 3 aromatic carbocycles. The van der Waals surface area contributed by atoms with Crippen molar-refractivity contribution in [3.05, 3.63) is 107 Å². The van der Waals surface area contributed by atoms with Crippen LogP contribution >= 0.6 is 11.8 Å². The number of amides is 2. The second-order valence-electron chi connectivity index (χ2n) is 8.85. The number of hydrogen-bond donors (Lipinski definition) is 3. The highest BCUT2D eigenvalue weighted by Crippen LogP contribution is 2.32. The highest BCUT2D eigenvalue weighted by Gasteiger charge is 2.15. The Labute approximate surface area is 232 Å². The topological polar surface area (TPSA) is 134 Å². The van der Waals surface area contributed by atoms with Crippen LogP contribution in [-0.2, 0) is 16.0 Å². The number of primary amides is 1. The van der Waals surface area contributed by atoms with Crippen LogP contribution in [0.5, 0.6) is 0 Å². The van der Waals surface area contributed by atoms with Crippen LogP contribution in [0.1, 0.15) is 53.4 Å². The Morgan fingerprint density at radius 1 is 1.00 bits per heavy atom. The van der Waals surface area contributed by atoms with Crippen molar-refractivity contribution in [1.29, 1.82) is 0 Å². The Balaban J connectivity index is 1.57. The van der Waals surface area contributed by atoms with E-state index in [2.05, 4.69) is 34.6 Å². The molecule has 0 aliphatic heterocycles. The zero-order chi connectivity index (χ0) is 28.2. The van der Waals surface area contributed by atoms with Gasteiger partial charge in [0.1, 0.15) is 11.5 Å². The Morgan fingerprint density at radius 3 is 2.44 bits per heavy atom. The first-order chi connectivity index (χ1) is 18.8. The highest BCUT2D eigenvalue weighted by molar-refractivity contribution is 7.99. The van der Waals surface area contributed by atoms with Gasteiger partial charge in [0.2, 0.25) is 5.91 Å². The first-order valence-electron chi connectivity index (χ1n) is 12.6. The van der Waals surface area contributed by atoms with E-state index in [1.807, 2.05) is 24.3 Å². The van der Waals surface area contributed by atoms with Crippen LogP contribution in [0, 0.1) is 0 Å². The van der Waals surface area contributed by atoms with E-state index in [9.17, 15) is 19.5 Å². The fourth-order valence-electron chi connectivity index (χ4n) is 3.81. The van der Waals surface area contributed by atoms with Crippen LogP contribution in [0.4, 0.5) is 11.4 Å². The molecule has 3 rings (SSSR count). The Hall–Kier alpha value is -4.24. The standard InChI is InChI=1S/C30H32N4O4S/c1-3-27(22-10-5-4-6-11-22)39-16-15-26(36)18-21-9-7-13-24(17-21)32-30(38)28(20(2)35)34-33-25-14-8-12-23(19-25)29(31)37/h4-14,17,19,27,35H,3,15-16,18H2,1-2H3,(H2,31,37)(H,32,38). The molecule has 0 aliphatic rings. The minimum atomic E-state index is -0.670. The first kappa shape index (κ1) is 29.3. The number of nitrogens with two attached hydrogens (primary N) is 1. The molecule has 0 bridgehead atoms. The van der Waals surface area contributed by atoms with Crippen molar-refractivity contribution in [2.24, 2.45) is 16.0 Å². The molecule has 39 heavy (non-hydrogen) atoms. The summed E-state index contributed by atoms with van der Waals surface area (Å²) in [5, 5.41) is 20.9. The van der Waals surface area contributed by atoms with Gasteiger partial charge in [-0.3, -0.25) is 14.4 Å². The molecule has 202 valence electrons. The van der Waals surface area contributed by atoms with Gasteiger partial charge in [0.25, 0.3) is 5.91 Å². The summed E-state index contributed by atoms with van der Waals surface area (Å²) in [6.07, 6.45) is 1.70. The summed E-state index contributed by atoms with van der Waals surface area (Å²) in [4.78, 5) is 36.8. The number of azo groups is 1. The lowest BCUT2D eigenvalue weighted by Crippen LogP contribution is -2.15. The number of aliphatic hydroxyl groups excluding tert-OH is 1. The van der Waals surface area contributed by atoms with Gasteiger partial charge in [-0.2, -0.15) is 16.9 Å². The molecular formula is C30H32N4O4S. The fraction of sp³-hybridized carbons (Fsp3) is 0.233. The minimum absolute atomic E-state index is 0.118. The molecule has 3 aromatic rings. The fourth-order valence-corrected chi connectivity index (χ4v) is 5.02. The summed E-state index contributed by atoms with van der Waals surface area (Å²) < 4.78 is 0. The van der Waals surface area contributed by atoms with Gasteiger partial charge in [0.15, 0.2) is 5.70 Å². The first-order valence-corrected chi connectivity index (χ1v) is 13.6. The third-order valence-corrected chi connectivity index (χ3v) is 7.23. The minimum Gasteiger partial charge on any atom is -0.510 e. The number of carbonyl (C=O) groups is 3. The molecule has 1 unspecified atom stereocenters. The van der Waals surface area contributed by atoms with E-state index in [0.29, 0.717) is 23.0 Å². The van der Waals surface area contributed by atoms with E-state index < -0.39 is 11.8 Å². The number of benzene rings is 3. The Morgan fingerprint density at radius 2 is 1.74 bits per heavy atom. The van der Waals surface area contributed by atoms with E-state index in [-0.39, 0.29) is 29.2 Å². The molecule has 0 aromatic heterocycles. The number of aliphatic hydroxyl groups is 1. The predicted molar refractivity (Wildman–Crippen MR) is 155 cm³/mol. The molecule has 1 atom stereocenters.